The molecule has 1 aromatic carbocycles. The average Bonchev–Trinajstić information content (AvgIpc) is 2.12. The van der Waals surface area contributed by atoms with Gasteiger partial charge in [-0.2, -0.15) is 0 Å². The minimum Gasteiger partial charge on any atom is -0.313 e. The van der Waals surface area contributed by atoms with Gasteiger partial charge in [0, 0.05) is 5.56 Å². The molecule has 0 unspecified atom stereocenters. The van der Waals surface area contributed by atoms with Crippen molar-refractivity contribution in [2.75, 3.05) is 0 Å². The number of fused-ring (bicyclic) bond motifs is 1. The van der Waals surface area contributed by atoms with Crippen LogP contribution in [0.5, 0.6) is 0 Å². The van der Waals surface area contributed by atoms with Gasteiger partial charge in [-0.3, -0.25) is 4.79 Å². The molecule has 0 saturated heterocycles. The third-order valence-electron chi connectivity index (χ3n) is 2.00. The number of nitrogens with one attached hydrogen (secondary N) is 1. The molecule has 3 nitrogen and oxygen atoms in total. The van der Waals surface area contributed by atoms with E-state index in [1.54, 1.807) is 6.92 Å². The number of aromatic amines is 1. The van der Waals surface area contributed by atoms with Crippen molar-refractivity contribution in [2.45, 2.75) is 6.92 Å². The minimum absolute atomic E-state index is 0.242. The average molecular weight is 178 g/mol. The summed E-state index contributed by atoms with van der Waals surface area (Å²) in [6, 6.07) is 2.71. The molecule has 4 heteroatoms. The Morgan fingerprint density at radius 1 is 1.46 bits per heavy atom. The van der Waals surface area contributed by atoms with Crippen LogP contribution < -0.4 is 5.56 Å². The van der Waals surface area contributed by atoms with Gasteiger partial charge in [0.25, 0.3) is 5.56 Å². The lowest BCUT2D eigenvalue weighted by atomic mass is 10.1. The molecule has 0 atom stereocenters. The first-order valence-electron chi connectivity index (χ1n) is 3.82. The third-order valence-corrected chi connectivity index (χ3v) is 2.00. The van der Waals surface area contributed by atoms with Crippen LogP contribution in [0, 0.1) is 12.7 Å². The second kappa shape index (κ2) is 2.65. The van der Waals surface area contributed by atoms with E-state index in [1.165, 1.54) is 18.5 Å². The zero-order valence-corrected chi connectivity index (χ0v) is 6.97. The lowest BCUT2D eigenvalue weighted by Gasteiger charge is -1.99. The summed E-state index contributed by atoms with van der Waals surface area (Å²) in [4.78, 5) is 17.6. The molecular formula is C9H7FN2O. The molecule has 1 N–H and O–H groups in total. The van der Waals surface area contributed by atoms with Gasteiger partial charge in [0.15, 0.2) is 0 Å². The Morgan fingerprint density at radius 2 is 2.23 bits per heavy atom. The molecule has 1 heterocycles. The highest BCUT2D eigenvalue weighted by Gasteiger charge is 2.05. The molecule has 0 aliphatic heterocycles. The van der Waals surface area contributed by atoms with E-state index in [4.69, 9.17) is 0 Å². The Labute approximate surface area is 73.2 Å². The summed E-state index contributed by atoms with van der Waals surface area (Å²) in [6.07, 6.45) is 1.27. The van der Waals surface area contributed by atoms with E-state index in [9.17, 15) is 9.18 Å². The maximum absolute atomic E-state index is 13.0. The van der Waals surface area contributed by atoms with Crippen molar-refractivity contribution >= 4 is 10.9 Å². The first kappa shape index (κ1) is 7.91. The summed E-state index contributed by atoms with van der Waals surface area (Å²) in [6.45, 7) is 1.60. The summed E-state index contributed by atoms with van der Waals surface area (Å²) in [5, 5.41) is 0.418. The fourth-order valence-electron chi connectivity index (χ4n) is 1.26. The Hall–Kier alpha value is -1.71. The number of aryl methyl sites for hydroxylation is 1. The zero-order chi connectivity index (χ0) is 9.42. The van der Waals surface area contributed by atoms with E-state index < -0.39 is 0 Å². The van der Waals surface area contributed by atoms with Gasteiger partial charge >= 0.3 is 0 Å². The number of hydrogen-bond acceptors (Lipinski definition) is 2. The molecule has 0 radical (unpaired) electrons. The van der Waals surface area contributed by atoms with Gasteiger partial charge in [0.05, 0.1) is 17.2 Å². The molecule has 0 saturated carbocycles. The van der Waals surface area contributed by atoms with Gasteiger partial charge in [0.1, 0.15) is 5.82 Å². The van der Waals surface area contributed by atoms with Crippen molar-refractivity contribution in [2.24, 2.45) is 0 Å². The number of H-pyrrole nitrogens is 1. The van der Waals surface area contributed by atoms with E-state index in [0.29, 0.717) is 16.5 Å². The van der Waals surface area contributed by atoms with Gasteiger partial charge in [-0.05, 0) is 19.1 Å². The van der Waals surface area contributed by atoms with E-state index >= 15 is 0 Å². The number of benzene rings is 1. The Bertz CT molecular complexity index is 518. The predicted octanol–water partition coefficient (Wildman–Crippen LogP) is 1.37. The smallest absolute Gasteiger partial charge is 0.258 e. The number of halogens is 1. The van der Waals surface area contributed by atoms with Crippen LogP contribution in [0.1, 0.15) is 5.56 Å². The lowest BCUT2D eigenvalue weighted by molar-refractivity contribution is 0.620. The summed E-state index contributed by atoms with van der Waals surface area (Å²) >= 11 is 0. The van der Waals surface area contributed by atoms with Crippen LogP contribution >= 0.6 is 0 Å². The topological polar surface area (TPSA) is 45.8 Å². The maximum Gasteiger partial charge on any atom is 0.258 e. The Balaban J connectivity index is 3.03. The van der Waals surface area contributed by atoms with Crippen molar-refractivity contribution in [3.63, 3.8) is 0 Å². The van der Waals surface area contributed by atoms with Crippen LogP contribution in [0.2, 0.25) is 0 Å². The summed E-state index contributed by atoms with van der Waals surface area (Å²) in [7, 11) is 0. The van der Waals surface area contributed by atoms with E-state index in [1.807, 2.05) is 0 Å². The van der Waals surface area contributed by atoms with Crippen LogP contribution in [0.3, 0.4) is 0 Å². The highest BCUT2D eigenvalue weighted by Crippen LogP contribution is 2.14. The van der Waals surface area contributed by atoms with Crippen LogP contribution in [-0.4, -0.2) is 9.97 Å². The zero-order valence-electron chi connectivity index (χ0n) is 6.97. The quantitative estimate of drug-likeness (QED) is 0.662. The van der Waals surface area contributed by atoms with Crippen molar-refractivity contribution in [3.8, 4) is 0 Å². The van der Waals surface area contributed by atoms with E-state index in [-0.39, 0.29) is 11.4 Å². The molecular weight excluding hydrogens is 171 g/mol. The molecule has 0 bridgehead atoms. The minimum atomic E-state index is -0.342. The van der Waals surface area contributed by atoms with Crippen molar-refractivity contribution < 1.29 is 4.39 Å². The van der Waals surface area contributed by atoms with Gasteiger partial charge < -0.3 is 4.98 Å². The van der Waals surface area contributed by atoms with E-state index in [2.05, 4.69) is 9.97 Å². The summed E-state index contributed by atoms with van der Waals surface area (Å²) < 4.78 is 13.0. The number of hydrogen-bond donors (Lipinski definition) is 1. The first-order valence-corrected chi connectivity index (χ1v) is 3.82. The molecule has 0 fully saturated rings. The number of rotatable bonds is 0. The van der Waals surface area contributed by atoms with Gasteiger partial charge in [-0.15, -0.1) is 0 Å². The normalized spacial score (nSPS) is 10.6. The summed E-state index contributed by atoms with van der Waals surface area (Å²) in [5.41, 5.74) is 0.584. The fraction of sp³-hybridized carbons (Fsp3) is 0.111. The Morgan fingerprint density at radius 3 is 3.00 bits per heavy atom. The maximum atomic E-state index is 13.0. The van der Waals surface area contributed by atoms with Crippen molar-refractivity contribution in [3.05, 3.63) is 40.2 Å². The molecule has 66 valence electrons. The molecule has 1 aromatic heterocycles. The molecule has 2 rings (SSSR count). The summed E-state index contributed by atoms with van der Waals surface area (Å²) in [5.74, 6) is -0.342. The number of nitrogens with zero attached hydrogens (tertiary/aromatic N) is 1. The highest BCUT2D eigenvalue weighted by atomic mass is 19.1. The van der Waals surface area contributed by atoms with E-state index in [0.717, 1.165) is 0 Å². The van der Waals surface area contributed by atoms with Crippen LogP contribution in [-0.2, 0) is 0 Å². The van der Waals surface area contributed by atoms with Crippen molar-refractivity contribution in [1.29, 1.82) is 0 Å². The fourth-order valence-corrected chi connectivity index (χ4v) is 1.26. The second-order valence-corrected chi connectivity index (χ2v) is 2.80. The molecule has 0 spiro atoms. The SMILES string of the molecule is Cc1c(F)ccc2c(=O)[nH]cnc12. The molecule has 0 aliphatic rings. The van der Waals surface area contributed by atoms with Gasteiger partial charge in [-0.1, -0.05) is 0 Å². The monoisotopic (exact) mass is 178 g/mol. The Kier molecular flexibility index (Phi) is 1.62. The van der Waals surface area contributed by atoms with Gasteiger partial charge in [0.2, 0.25) is 0 Å². The second-order valence-electron chi connectivity index (χ2n) is 2.80. The third kappa shape index (κ3) is 1.11. The first-order chi connectivity index (χ1) is 6.20. The van der Waals surface area contributed by atoms with Crippen molar-refractivity contribution in [1.82, 2.24) is 9.97 Å². The van der Waals surface area contributed by atoms with Gasteiger partial charge in [-0.25, -0.2) is 9.37 Å². The largest absolute Gasteiger partial charge is 0.313 e. The van der Waals surface area contributed by atoms with Crippen LogP contribution in [0.25, 0.3) is 10.9 Å². The molecule has 0 aliphatic carbocycles. The van der Waals surface area contributed by atoms with Crippen LogP contribution in [0.15, 0.2) is 23.3 Å². The van der Waals surface area contributed by atoms with Crippen LogP contribution in [0.4, 0.5) is 4.39 Å². The highest BCUT2D eigenvalue weighted by molar-refractivity contribution is 5.80. The predicted molar refractivity (Wildman–Crippen MR) is 47.1 cm³/mol. The molecule has 0 amide bonds. The molecule has 2 aromatic rings. The standard InChI is InChI=1S/C9H7FN2O/c1-5-7(10)3-2-6-8(5)11-4-12-9(6)13/h2-4H,1H3,(H,11,12,13). The number of aromatic nitrogens is 2. The molecule has 13 heavy (non-hydrogen) atoms. The lowest BCUT2D eigenvalue weighted by Crippen LogP contribution is -2.07.